The molecule has 0 spiro atoms. The van der Waals surface area contributed by atoms with Crippen LogP contribution in [0, 0.1) is 0 Å². The molecule has 0 fully saturated rings. The van der Waals surface area contributed by atoms with E-state index in [0.717, 1.165) is 12.8 Å². The van der Waals surface area contributed by atoms with Crippen molar-refractivity contribution in [3.63, 3.8) is 0 Å². The Morgan fingerprint density at radius 3 is 1.00 bits per heavy atom. The summed E-state index contributed by atoms with van der Waals surface area (Å²) in [5, 5.41) is 0. The lowest BCUT2D eigenvalue weighted by atomic mass is 10.0. The largest absolute Gasteiger partial charge is 0.493 e. The Morgan fingerprint density at radius 1 is 0.476 bits per heavy atom. The Kier molecular flexibility index (Phi) is 30.0. The van der Waals surface area contributed by atoms with Crippen LogP contribution in [-0.4, -0.2) is 19.1 Å². The second kappa shape index (κ2) is 31.0. The van der Waals surface area contributed by atoms with Crippen LogP contribution in [0.3, 0.4) is 0 Å². The zero-order valence-electron chi connectivity index (χ0n) is 27.7. The van der Waals surface area contributed by atoms with Gasteiger partial charge in [-0.1, -0.05) is 168 Å². The maximum atomic E-state index is 11.8. The summed E-state index contributed by atoms with van der Waals surface area (Å²) < 4.78 is 11.9. The molecule has 246 valence electrons. The SMILES string of the molecule is CCCCCCCCCCCCCCCOc1cc(OCCCCCCCCCCCCCCC)cc(C(N)=O)c1.Cl. The molecule has 1 aromatic rings. The van der Waals surface area contributed by atoms with E-state index in [1.165, 1.54) is 154 Å². The first-order valence-corrected chi connectivity index (χ1v) is 17.9. The Balaban J connectivity index is 0.0000168. The number of hydrogen-bond donors (Lipinski definition) is 1. The number of ether oxygens (including phenoxy) is 2. The molecule has 0 radical (unpaired) electrons. The van der Waals surface area contributed by atoms with E-state index in [-0.39, 0.29) is 12.4 Å². The standard InChI is InChI=1S/C37H67NO3.ClH/c1-3-5-7-9-11-13-15-17-19-21-23-25-27-29-40-35-31-34(37(38)39)32-36(33-35)41-30-28-26-24-22-20-18-16-14-12-10-8-6-4-2;/h31-33H,3-30H2,1-2H3,(H2,38,39);1H. The number of benzene rings is 1. The average Bonchev–Trinajstić information content (AvgIpc) is 2.97. The number of primary amides is 1. The molecule has 1 amide bonds. The predicted molar refractivity (Wildman–Crippen MR) is 185 cm³/mol. The molecule has 0 heterocycles. The number of rotatable bonds is 31. The highest BCUT2D eigenvalue weighted by atomic mass is 35.5. The molecule has 1 rings (SSSR count). The zero-order valence-corrected chi connectivity index (χ0v) is 28.6. The fraction of sp³-hybridized carbons (Fsp3) is 0.811. The van der Waals surface area contributed by atoms with E-state index in [1.54, 1.807) is 12.1 Å². The predicted octanol–water partition coefficient (Wildman–Crippen LogP) is 12.1. The van der Waals surface area contributed by atoms with E-state index >= 15 is 0 Å². The summed E-state index contributed by atoms with van der Waals surface area (Å²) in [6, 6.07) is 5.38. The summed E-state index contributed by atoms with van der Waals surface area (Å²) in [6.45, 7) is 5.89. The van der Waals surface area contributed by atoms with Gasteiger partial charge >= 0.3 is 0 Å². The highest BCUT2D eigenvalue weighted by Crippen LogP contribution is 2.24. The summed E-state index contributed by atoms with van der Waals surface area (Å²) in [5.74, 6) is 0.920. The van der Waals surface area contributed by atoms with E-state index in [4.69, 9.17) is 15.2 Å². The lowest BCUT2D eigenvalue weighted by molar-refractivity contribution is 0.0999. The second-order valence-electron chi connectivity index (χ2n) is 12.2. The molecule has 5 heteroatoms. The van der Waals surface area contributed by atoms with E-state index < -0.39 is 5.91 Å². The van der Waals surface area contributed by atoms with Crippen LogP contribution in [-0.2, 0) is 0 Å². The van der Waals surface area contributed by atoms with Crippen molar-refractivity contribution in [3.05, 3.63) is 23.8 Å². The average molecular weight is 610 g/mol. The van der Waals surface area contributed by atoms with Gasteiger partial charge in [0.15, 0.2) is 0 Å². The van der Waals surface area contributed by atoms with Crippen molar-refractivity contribution in [2.24, 2.45) is 5.73 Å². The molecule has 0 saturated heterocycles. The van der Waals surface area contributed by atoms with Crippen molar-refractivity contribution in [3.8, 4) is 11.5 Å². The van der Waals surface area contributed by atoms with Crippen molar-refractivity contribution in [1.29, 1.82) is 0 Å². The molecule has 42 heavy (non-hydrogen) atoms. The Bertz CT molecular complexity index is 677. The smallest absolute Gasteiger partial charge is 0.248 e. The molecule has 0 bridgehead atoms. The molecule has 0 aliphatic carbocycles. The number of halogens is 1. The van der Waals surface area contributed by atoms with E-state index in [2.05, 4.69) is 13.8 Å². The molecule has 1 aromatic carbocycles. The Hall–Kier alpha value is -1.42. The summed E-state index contributed by atoms with van der Waals surface area (Å²) in [6.07, 6.45) is 34.7. The van der Waals surface area contributed by atoms with Crippen molar-refractivity contribution in [2.45, 2.75) is 181 Å². The molecule has 4 nitrogen and oxygen atoms in total. The number of amides is 1. The summed E-state index contributed by atoms with van der Waals surface area (Å²) in [4.78, 5) is 11.8. The van der Waals surface area contributed by atoms with Gasteiger partial charge in [0.2, 0.25) is 5.91 Å². The third-order valence-electron chi connectivity index (χ3n) is 8.20. The van der Waals surface area contributed by atoms with Gasteiger partial charge in [0.1, 0.15) is 11.5 Å². The minimum atomic E-state index is -0.442. The molecular formula is C37H68ClNO3. The lowest BCUT2D eigenvalue weighted by Gasteiger charge is -2.12. The number of hydrogen-bond acceptors (Lipinski definition) is 3. The van der Waals surface area contributed by atoms with Crippen LogP contribution in [0.5, 0.6) is 11.5 Å². The Labute approximate surface area is 267 Å². The zero-order chi connectivity index (χ0) is 29.6. The number of unbranched alkanes of at least 4 members (excludes halogenated alkanes) is 24. The summed E-state index contributed by atoms with van der Waals surface area (Å²) in [7, 11) is 0. The van der Waals surface area contributed by atoms with Gasteiger partial charge in [-0.25, -0.2) is 0 Å². The molecule has 0 unspecified atom stereocenters. The highest BCUT2D eigenvalue weighted by molar-refractivity contribution is 5.93. The lowest BCUT2D eigenvalue weighted by Crippen LogP contribution is -2.12. The number of nitrogens with two attached hydrogens (primary N) is 1. The minimum absolute atomic E-state index is 0. The first-order valence-electron chi connectivity index (χ1n) is 17.9. The van der Waals surface area contributed by atoms with Crippen molar-refractivity contribution in [1.82, 2.24) is 0 Å². The molecule has 0 saturated carbocycles. The van der Waals surface area contributed by atoms with Gasteiger partial charge in [-0.05, 0) is 25.0 Å². The topological polar surface area (TPSA) is 61.6 Å². The fourth-order valence-corrected chi connectivity index (χ4v) is 5.50. The second-order valence-corrected chi connectivity index (χ2v) is 12.2. The van der Waals surface area contributed by atoms with Gasteiger partial charge in [-0.2, -0.15) is 0 Å². The van der Waals surface area contributed by atoms with E-state index in [1.807, 2.05) is 6.07 Å². The Morgan fingerprint density at radius 2 is 0.738 bits per heavy atom. The van der Waals surface area contributed by atoms with Gasteiger partial charge < -0.3 is 15.2 Å². The molecular weight excluding hydrogens is 542 g/mol. The first-order chi connectivity index (χ1) is 20.2. The van der Waals surface area contributed by atoms with Gasteiger partial charge in [0, 0.05) is 11.6 Å². The molecule has 0 atom stereocenters. The maximum Gasteiger partial charge on any atom is 0.248 e. The third-order valence-corrected chi connectivity index (χ3v) is 8.20. The van der Waals surface area contributed by atoms with Crippen LogP contribution in [0.4, 0.5) is 0 Å². The minimum Gasteiger partial charge on any atom is -0.493 e. The first kappa shape index (κ1) is 40.6. The highest BCUT2D eigenvalue weighted by Gasteiger charge is 2.08. The normalized spacial score (nSPS) is 10.9. The third kappa shape index (κ3) is 25.1. The quantitative estimate of drug-likeness (QED) is 0.0851. The van der Waals surface area contributed by atoms with Crippen LogP contribution in [0.25, 0.3) is 0 Å². The number of carbonyl (C=O) groups is 1. The number of carbonyl (C=O) groups excluding carboxylic acids is 1. The molecule has 2 N–H and O–H groups in total. The fourth-order valence-electron chi connectivity index (χ4n) is 5.50. The summed E-state index contributed by atoms with van der Waals surface area (Å²) in [5.41, 5.74) is 6.01. The van der Waals surface area contributed by atoms with Gasteiger partial charge in [-0.15, -0.1) is 12.4 Å². The van der Waals surface area contributed by atoms with Crippen molar-refractivity contribution in [2.75, 3.05) is 13.2 Å². The van der Waals surface area contributed by atoms with Gasteiger partial charge in [0.25, 0.3) is 0 Å². The molecule has 0 aliphatic rings. The monoisotopic (exact) mass is 609 g/mol. The maximum absolute atomic E-state index is 11.8. The van der Waals surface area contributed by atoms with Gasteiger partial charge in [0.05, 0.1) is 13.2 Å². The van der Waals surface area contributed by atoms with E-state index in [9.17, 15) is 4.79 Å². The summed E-state index contributed by atoms with van der Waals surface area (Å²) >= 11 is 0. The van der Waals surface area contributed by atoms with Gasteiger partial charge in [-0.3, -0.25) is 4.79 Å². The van der Waals surface area contributed by atoms with Crippen molar-refractivity contribution < 1.29 is 14.3 Å². The van der Waals surface area contributed by atoms with E-state index in [0.29, 0.717) is 30.3 Å². The van der Waals surface area contributed by atoms with Crippen LogP contribution >= 0.6 is 12.4 Å². The molecule has 0 aliphatic heterocycles. The van der Waals surface area contributed by atoms with Crippen LogP contribution in [0.2, 0.25) is 0 Å². The van der Waals surface area contributed by atoms with Crippen LogP contribution in [0.1, 0.15) is 191 Å². The van der Waals surface area contributed by atoms with Crippen LogP contribution in [0.15, 0.2) is 18.2 Å². The van der Waals surface area contributed by atoms with Crippen LogP contribution < -0.4 is 15.2 Å². The van der Waals surface area contributed by atoms with Crippen molar-refractivity contribution >= 4 is 18.3 Å². The molecule has 0 aromatic heterocycles.